The van der Waals surface area contributed by atoms with Crippen molar-refractivity contribution in [1.29, 1.82) is 0 Å². The van der Waals surface area contributed by atoms with Gasteiger partial charge in [-0.15, -0.1) is 0 Å². The van der Waals surface area contributed by atoms with Crippen LogP contribution in [-0.4, -0.2) is 11.5 Å². The molecule has 86 valence electrons. The Bertz CT molecular complexity index is 459. The van der Waals surface area contributed by atoms with Gasteiger partial charge >= 0.3 is 0 Å². The van der Waals surface area contributed by atoms with Gasteiger partial charge in [0.2, 0.25) is 0 Å². The minimum absolute atomic E-state index is 0.0642. The zero-order chi connectivity index (χ0) is 11.5. The molecule has 0 aliphatic heterocycles. The molecule has 1 aromatic carbocycles. The summed E-state index contributed by atoms with van der Waals surface area (Å²) >= 11 is 5.65. The smallest absolute Gasteiger partial charge is 0.195 e. The van der Waals surface area contributed by atoms with Crippen LogP contribution >= 0.6 is 11.6 Å². The lowest BCUT2D eigenvalue weighted by molar-refractivity contribution is 0.513. The monoisotopic (exact) mass is 242 g/mol. The van der Waals surface area contributed by atoms with E-state index in [4.69, 9.17) is 21.8 Å². The van der Waals surface area contributed by atoms with Crippen LogP contribution in [0.1, 0.15) is 18.7 Å². The van der Waals surface area contributed by atoms with Crippen LogP contribution in [0, 0.1) is 5.82 Å². The lowest BCUT2D eigenvalue weighted by Crippen LogP contribution is -1.98. The number of rotatable bonds is 4. The number of hydrogen-bond donors (Lipinski definition) is 1. The van der Waals surface area contributed by atoms with Crippen LogP contribution in [0.25, 0.3) is 11.1 Å². The zero-order valence-corrected chi connectivity index (χ0v) is 9.43. The van der Waals surface area contributed by atoms with Crippen LogP contribution in [0.2, 0.25) is 5.02 Å². The van der Waals surface area contributed by atoms with E-state index in [-0.39, 0.29) is 5.02 Å². The fourth-order valence-corrected chi connectivity index (χ4v) is 1.66. The highest BCUT2D eigenvalue weighted by atomic mass is 35.5. The van der Waals surface area contributed by atoms with Crippen LogP contribution in [-0.2, 0) is 6.42 Å². The molecular formula is C11H12ClFN2O. The molecule has 0 amide bonds. The highest BCUT2D eigenvalue weighted by Crippen LogP contribution is 2.23. The predicted octanol–water partition coefficient (Wildman–Crippen LogP) is 2.90. The molecule has 0 unspecified atom stereocenters. The summed E-state index contributed by atoms with van der Waals surface area (Å²) < 4.78 is 18.5. The summed E-state index contributed by atoms with van der Waals surface area (Å²) in [6.45, 7) is 0.653. The highest BCUT2D eigenvalue weighted by Gasteiger charge is 2.09. The van der Waals surface area contributed by atoms with Gasteiger partial charge in [-0.2, -0.15) is 0 Å². The van der Waals surface area contributed by atoms with Crippen LogP contribution in [0.15, 0.2) is 16.5 Å². The van der Waals surface area contributed by atoms with Gasteiger partial charge < -0.3 is 10.2 Å². The zero-order valence-electron chi connectivity index (χ0n) is 8.67. The van der Waals surface area contributed by atoms with E-state index in [1.807, 2.05) is 0 Å². The predicted molar refractivity (Wildman–Crippen MR) is 61.0 cm³/mol. The van der Waals surface area contributed by atoms with E-state index < -0.39 is 5.82 Å². The largest absolute Gasteiger partial charge is 0.441 e. The van der Waals surface area contributed by atoms with Crippen molar-refractivity contribution in [2.75, 3.05) is 6.54 Å². The number of aromatic nitrogens is 1. The molecule has 0 spiro atoms. The van der Waals surface area contributed by atoms with Gasteiger partial charge in [-0.1, -0.05) is 11.6 Å². The quantitative estimate of drug-likeness (QED) is 0.839. The van der Waals surface area contributed by atoms with Gasteiger partial charge in [0.1, 0.15) is 11.3 Å². The third-order valence-electron chi connectivity index (χ3n) is 2.32. The molecule has 16 heavy (non-hydrogen) atoms. The van der Waals surface area contributed by atoms with Crippen molar-refractivity contribution >= 4 is 22.7 Å². The second-order valence-corrected chi connectivity index (χ2v) is 3.99. The minimum atomic E-state index is -0.487. The molecular weight excluding hydrogens is 231 g/mol. The number of benzene rings is 1. The number of nitrogens with zero attached hydrogens (tertiary/aromatic N) is 1. The highest BCUT2D eigenvalue weighted by molar-refractivity contribution is 6.31. The average molecular weight is 243 g/mol. The molecule has 1 heterocycles. The number of hydrogen-bond acceptors (Lipinski definition) is 3. The molecule has 0 aliphatic carbocycles. The summed E-state index contributed by atoms with van der Waals surface area (Å²) in [6.07, 6.45) is 2.55. The second-order valence-electron chi connectivity index (χ2n) is 3.59. The summed E-state index contributed by atoms with van der Waals surface area (Å²) in [5.41, 5.74) is 6.42. The Balaban J connectivity index is 2.23. The van der Waals surface area contributed by atoms with Crippen molar-refractivity contribution in [3.8, 4) is 0 Å². The molecule has 0 radical (unpaired) electrons. The van der Waals surface area contributed by atoms with Gasteiger partial charge in [-0.25, -0.2) is 9.37 Å². The summed E-state index contributed by atoms with van der Waals surface area (Å²) in [6, 6.07) is 2.74. The maximum atomic E-state index is 13.1. The summed E-state index contributed by atoms with van der Waals surface area (Å²) in [5.74, 6) is 0.115. The fraction of sp³-hybridized carbons (Fsp3) is 0.364. The minimum Gasteiger partial charge on any atom is -0.441 e. The Hall–Kier alpha value is -1.13. The molecule has 2 N–H and O–H groups in total. The maximum Gasteiger partial charge on any atom is 0.195 e. The number of oxazole rings is 1. The molecule has 0 saturated carbocycles. The van der Waals surface area contributed by atoms with E-state index in [1.54, 1.807) is 0 Å². The molecule has 0 atom stereocenters. The second kappa shape index (κ2) is 4.80. The maximum absolute atomic E-state index is 13.1. The molecule has 0 aliphatic rings. The van der Waals surface area contributed by atoms with Gasteiger partial charge in [0.15, 0.2) is 11.5 Å². The number of halogens is 2. The van der Waals surface area contributed by atoms with E-state index in [2.05, 4.69) is 4.98 Å². The van der Waals surface area contributed by atoms with Crippen molar-refractivity contribution in [1.82, 2.24) is 4.98 Å². The Morgan fingerprint density at radius 1 is 1.38 bits per heavy atom. The van der Waals surface area contributed by atoms with Crippen molar-refractivity contribution in [2.24, 2.45) is 5.73 Å². The number of aryl methyl sites for hydroxylation is 1. The average Bonchev–Trinajstić information content (AvgIpc) is 2.61. The van der Waals surface area contributed by atoms with E-state index >= 15 is 0 Å². The van der Waals surface area contributed by atoms with Gasteiger partial charge in [0.05, 0.1) is 5.02 Å². The first-order chi connectivity index (χ1) is 7.70. The fourth-order valence-electron chi connectivity index (χ4n) is 1.50. The van der Waals surface area contributed by atoms with Crippen molar-refractivity contribution in [3.63, 3.8) is 0 Å². The molecule has 5 heteroatoms. The number of nitrogens with two attached hydrogens (primary N) is 1. The van der Waals surface area contributed by atoms with Crippen molar-refractivity contribution < 1.29 is 8.81 Å². The topological polar surface area (TPSA) is 52.0 Å². The van der Waals surface area contributed by atoms with Crippen molar-refractivity contribution in [2.45, 2.75) is 19.3 Å². The third kappa shape index (κ3) is 2.33. The molecule has 0 saturated heterocycles. The first-order valence-corrected chi connectivity index (χ1v) is 5.53. The van der Waals surface area contributed by atoms with E-state index in [0.29, 0.717) is 30.0 Å². The number of fused-ring (bicyclic) bond motifs is 1. The first-order valence-electron chi connectivity index (χ1n) is 5.15. The Morgan fingerprint density at radius 3 is 2.94 bits per heavy atom. The number of unbranched alkanes of at least 4 members (excludes halogenated alkanes) is 1. The SMILES string of the molecule is NCCCCc1nc2cc(Cl)c(F)cc2o1. The molecule has 2 aromatic rings. The van der Waals surface area contributed by atoms with Gasteiger partial charge in [-0.05, 0) is 25.5 Å². The van der Waals surface area contributed by atoms with E-state index in [1.165, 1.54) is 12.1 Å². The molecule has 0 fully saturated rings. The Labute approximate surface area is 97.4 Å². The first kappa shape index (κ1) is 11.4. The molecule has 2 rings (SSSR count). The van der Waals surface area contributed by atoms with Gasteiger partial charge in [0, 0.05) is 12.5 Å². The van der Waals surface area contributed by atoms with E-state index in [9.17, 15) is 4.39 Å². The lowest BCUT2D eigenvalue weighted by Gasteiger charge is -1.92. The van der Waals surface area contributed by atoms with Crippen molar-refractivity contribution in [3.05, 3.63) is 28.9 Å². The summed E-state index contributed by atoms with van der Waals surface area (Å²) in [7, 11) is 0. The Kier molecular flexibility index (Phi) is 3.41. The molecule has 1 aromatic heterocycles. The van der Waals surface area contributed by atoms with Crippen LogP contribution in [0.4, 0.5) is 4.39 Å². The lowest BCUT2D eigenvalue weighted by atomic mass is 10.2. The summed E-state index contributed by atoms with van der Waals surface area (Å²) in [4.78, 5) is 4.23. The Morgan fingerprint density at radius 2 is 2.19 bits per heavy atom. The van der Waals surface area contributed by atoms with E-state index in [0.717, 1.165) is 12.8 Å². The van der Waals surface area contributed by atoms with Crippen LogP contribution < -0.4 is 5.73 Å². The normalized spacial score (nSPS) is 11.2. The van der Waals surface area contributed by atoms with Gasteiger partial charge in [-0.3, -0.25) is 0 Å². The molecule has 3 nitrogen and oxygen atoms in total. The van der Waals surface area contributed by atoms with Gasteiger partial charge in [0.25, 0.3) is 0 Å². The molecule has 0 bridgehead atoms. The van der Waals surface area contributed by atoms with Crippen LogP contribution in [0.5, 0.6) is 0 Å². The third-order valence-corrected chi connectivity index (χ3v) is 2.61. The van der Waals surface area contributed by atoms with Crippen LogP contribution in [0.3, 0.4) is 0 Å². The summed E-state index contributed by atoms with van der Waals surface area (Å²) in [5, 5.41) is 0.0642. The standard InChI is InChI=1S/C11H12ClFN2O/c12-7-5-9-10(6-8(7)13)16-11(15-9)3-1-2-4-14/h5-6H,1-4,14H2.